The molecule has 1 atom stereocenters. The largest absolute Gasteiger partial charge is 0.332 e. The molecule has 1 aliphatic heterocycles. The highest BCUT2D eigenvalue weighted by molar-refractivity contribution is 7.99. The van der Waals surface area contributed by atoms with Crippen molar-refractivity contribution in [1.29, 1.82) is 0 Å². The molecular weight excluding hydrogens is 432 g/mol. The van der Waals surface area contributed by atoms with Crippen LogP contribution in [-0.2, 0) is 17.0 Å². The van der Waals surface area contributed by atoms with Gasteiger partial charge in [0.05, 0.1) is 17.8 Å². The number of anilines is 2. The second-order valence-corrected chi connectivity index (χ2v) is 8.85. The second-order valence-electron chi connectivity index (χ2n) is 7.78. The third-order valence-electron chi connectivity index (χ3n) is 5.49. The van der Waals surface area contributed by atoms with Crippen LogP contribution in [0, 0.1) is 0 Å². The quantitative estimate of drug-likeness (QED) is 0.425. The minimum atomic E-state index is -0.210. The summed E-state index contributed by atoms with van der Waals surface area (Å²) in [5.41, 5.74) is 5.04. The van der Waals surface area contributed by atoms with E-state index in [2.05, 4.69) is 26.3 Å². The van der Waals surface area contributed by atoms with E-state index in [4.69, 9.17) is 0 Å². The average molecular weight is 455 g/mol. The van der Waals surface area contributed by atoms with Crippen LogP contribution in [-0.4, -0.2) is 21.4 Å². The van der Waals surface area contributed by atoms with E-state index in [1.165, 1.54) is 0 Å². The Bertz CT molecular complexity index is 1290. The van der Waals surface area contributed by atoms with E-state index in [1.807, 2.05) is 54.9 Å². The van der Waals surface area contributed by atoms with Crippen molar-refractivity contribution in [2.45, 2.75) is 17.5 Å². The van der Waals surface area contributed by atoms with Crippen LogP contribution in [0.4, 0.5) is 11.4 Å². The van der Waals surface area contributed by atoms with E-state index in [0.717, 1.165) is 28.3 Å². The number of amides is 2. The molecule has 164 valence electrons. The summed E-state index contributed by atoms with van der Waals surface area (Å²) in [6.45, 7) is 0. The summed E-state index contributed by atoms with van der Waals surface area (Å²) in [5, 5.41) is 6.06. The lowest BCUT2D eigenvalue weighted by Gasteiger charge is -2.12. The van der Waals surface area contributed by atoms with Gasteiger partial charge in [-0.05, 0) is 35.9 Å². The minimum absolute atomic E-state index is 0.123. The lowest BCUT2D eigenvalue weighted by molar-refractivity contribution is -0.115. The molecule has 1 aliphatic rings. The van der Waals surface area contributed by atoms with Gasteiger partial charge in [-0.25, -0.2) is 0 Å². The minimum Gasteiger partial charge on any atom is -0.332 e. The zero-order valence-electron chi connectivity index (χ0n) is 17.8. The predicted octanol–water partition coefficient (Wildman–Crippen LogP) is 5.11. The van der Waals surface area contributed by atoms with Gasteiger partial charge in [-0.1, -0.05) is 42.5 Å². The van der Waals surface area contributed by atoms with Crippen LogP contribution in [0.15, 0.2) is 91.4 Å². The number of benzene rings is 2. The molecule has 3 heterocycles. The Morgan fingerprint density at radius 3 is 2.70 bits per heavy atom. The molecule has 2 amide bonds. The van der Waals surface area contributed by atoms with Crippen LogP contribution in [0.25, 0.3) is 0 Å². The molecule has 0 bridgehead atoms. The van der Waals surface area contributed by atoms with Gasteiger partial charge in [-0.15, -0.1) is 11.8 Å². The number of nitrogens with one attached hydrogen (secondary N) is 2. The zero-order chi connectivity index (χ0) is 22.6. The molecule has 33 heavy (non-hydrogen) atoms. The van der Waals surface area contributed by atoms with Crippen molar-refractivity contribution in [3.63, 3.8) is 0 Å². The van der Waals surface area contributed by atoms with E-state index in [0.29, 0.717) is 11.3 Å². The number of carbonyl (C=O) groups is 2. The first-order chi connectivity index (χ1) is 16.2. The fourth-order valence-electron chi connectivity index (χ4n) is 3.90. The van der Waals surface area contributed by atoms with E-state index in [-0.39, 0.29) is 23.6 Å². The van der Waals surface area contributed by atoms with Crippen LogP contribution in [0.3, 0.4) is 0 Å². The lowest BCUT2D eigenvalue weighted by atomic mass is 10.1. The van der Waals surface area contributed by atoms with Crippen molar-refractivity contribution in [1.82, 2.24) is 9.55 Å². The SMILES string of the molecule is O=C(Cc1ccccc1)Nc1cccc(C(=O)Nc2ccn3c2CSC3c2cccnc2)c1. The number of hydrogen-bond acceptors (Lipinski definition) is 4. The number of nitrogens with zero attached hydrogens (tertiary/aromatic N) is 2. The van der Waals surface area contributed by atoms with Crippen LogP contribution in [0.1, 0.15) is 32.6 Å². The van der Waals surface area contributed by atoms with Crippen LogP contribution < -0.4 is 10.6 Å². The summed E-state index contributed by atoms with van der Waals surface area (Å²) in [7, 11) is 0. The van der Waals surface area contributed by atoms with Crippen molar-refractivity contribution in [3.8, 4) is 0 Å². The molecule has 6 nitrogen and oxygen atoms in total. The highest BCUT2D eigenvalue weighted by Gasteiger charge is 2.27. The third-order valence-corrected chi connectivity index (χ3v) is 6.74. The van der Waals surface area contributed by atoms with Gasteiger partial charge in [0.2, 0.25) is 5.91 Å². The summed E-state index contributed by atoms with van der Waals surface area (Å²) in [6, 6.07) is 22.5. The van der Waals surface area contributed by atoms with E-state index >= 15 is 0 Å². The molecule has 2 aromatic heterocycles. The first-order valence-electron chi connectivity index (χ1n) is 10.6. The van der Waals surface area contributed by atoms with Gasteiger partial charge in [-0.2, -0.15) is 0 Å². The van der Waals surface area contributed by atoms with Crippen molar-refractivity contribution in [3.05, 3.63) is 114 Å². The van der Waals surface area contributed by atoms with Crippen molar-refractivity contribution < 1.29 is 9.59 Å². The molecule has 0 fully saturated rings. The summed E-state index contributed by atoms with van der Waals surface area (Å²) >= 11 is 1.80. The van der Waals surface area contributed by atoms with Crippen LogP contribution in [0.2, 0.25) is 0 Å². The number of thioether (sulfide) groups is 1. The lowest BCUT2D eigenvalue weighted by Crippen LogP contribution is -2.16. The van der Waals surface area contributed by atoms with Gasteiger partial charge in [0.1, 0.15) is 5.37 Å². The van der Waals surface area contributed by atoms with E-state index in [1.54, 1.807) is 42.2 Å². The standard InChI is InChI=1S/C26H22N4O2S/c31-24(14-18-6-2-1-3-7-18)28-21-10-4-8-19(15-21)25(32)29-22-11-13-30-23(22)17-33-26(30)20-9-5-12-27-16-20/h1-13,15-16,26H,14,17H2,(H,28,31)(H,29,32). The number of pyridine rings is 1. The molecule has 2 N–H and O–H groups in total. The Morgan fingerprint density at radius 1 is 1.00 bits per heavy atom. The number of aromatic nitrogens is 2. The Balaban J connectivity index is 1.26. The summed E-state index contributed by atoms with van der Waals surface area (Å²) in [4.78, 5) is 29.5. The molecule has 0 saturated carbocycles. The maximum atomic E-state index is 12.9. The van der Waals surface area contributed by atoms with Crippen molar-refractivity contribution >= 4 is 35.0 Å². The second kappa shape index (κ2) is 9.34. The Kier molecular flexibility index (Phi) is 5.95. The van der Waals surface area contributed by atoms with Gasteiger partial charge in [0.15, 0.2) is 0 Å². The first-order valence-corrected chi connectivity index (χ1v) is 11.7. The highest BCUT2D eigenvalue weighted by Crippen LogP contribution is 2.43. The van der Waals surface area contributed by atoms with E-state index in [9.17, 15) is 9.59 Å². The number of hydrogen-bond donors (Lipinski definition) is 2. The molecule has 0 spiro atoms. The van der Waals surface area contributed by atoms with Crippen molar-refractivity contribution in [2.75, 3.05) is 10.6 Å². The molecule has 0 radical (unpaired) electrons. The Hall–Kier alpha value is -3.84. The summed E-state index contributed by atoms with van der Waals surface area (Å²) in [6.07, 6.45) is 5.93. The van der Waals surface area contributed by atoms with Crippen molar-refractivity contribution in [2.24, 2.45) is 0 Å². The maximum Gasteiger partial charge on any atom is 0.255 e. The monoisotopic (exact) mass is 454 g/mol. The third kappa shape index (κ3) is 4.68. The summed E-state index contributed by atoms with van der Waals surface area (Å²) in [5.74, 6) is 0.470. The number of fused-ring (bicyclic) bond motifs is 1. The van der Waals surface area contributed by atoms with Crippen LogP contribution in [0.5, 0.6) is 0 Å². The van der Waals surface area contributed by atoms with Gasteiger partial charge >= 0.3 is 0 Å². The zero-order valence-corrected chi connectivity index (χ0v) is 18.6. The summed E-state index contributed by atoms with van der Waals surface area (Å²) < 4.78 is 2.18. The predicted molar refractivity (Wildman–Crippen MR) is 131 cm³/mol. The smallest absolute Gasteiger partial charge is 0.255 e. The molecule has 5 rings (SSSR count). The van der Waals surface area contributed by atoms with Gasteiger partial charge in [0.25, 0.3) is 5.91 Å². The number of rotatable bonds is 6. The maximum absolute atomic E-state index is 12.9. The van der Waals surface area contributed by atoms with Gasteiger partial charge < -0.3 is 15.2 Å². The molecule has 7 heteroatoms. The molecular formula is C26H22N4O2S. The highest BCUT2D eigenvalue weighted by atomic mass is 32.2. The average Bonchev–Trinajstić information content (AvgIpc) is 3.43. The molecule has 0 saturated heterocycles. The molecule has 2 aromatic carbocycles. The van der Waals surface area contributed by atoms with E-state index < -0.39 is 0 Å². The fourth-order valence-corrected chi connectivity index (χ4v) is 5.21. The number of carbonyl (C=O) groups excluding carboxylic acids is 2. The fraction of sp³-hybridized carbons (Fsp3) is 0.115. The van der Waals surface area contributed by atoms with Crippen LogP contribution >= 0.6 is 11.8 Å². The molecule has 0 aliphatic carbocycles. The van der Waals surface area contributed by atoms with Gasteiger partial charge in [0, 0.05) is 41.2 Å². The Morgan fingerprint density at radius 2 is 1.88 bits per heavy atom. The topological polar surface area (TPSA) is 76.0 Å². The first kappa shape index (κ1) is 21.0. The molecule has 4 aromatic rings. The normalized spacial score (nSPS) is 14.5. The Labute approximate surface area is 196 Å². The van der Waals surface area contributed by atoms with Gasteiger partial charge in [-0.3, -0.25) is 14.6 Å². The molecule has 1 unspecified atom stereocenters.